The van der Waals surface area contributed by atoms with E-state index < -0.39 is 0 Å². The number of para-hydroxylation sites is 3. The van der Waals surface area contributed by atoms with Gasteiger partial charge in [-0.05, 0) is 100 Å². The second-order valence-corrected chi connectivity index (χ2v) is 13.7. The molecule has 1 heterocycles. The molecule has 51 heavy (non-hydrogen) atoms. The highest BCUT2D eigenvalue weighted by atomic mass is 15.1. The zero-order chi connectivity index (χ0) is 33.7. The van der Waals surface area contributed by atoms with Crippen molar-refractivity contribution in [3.05, 3.63) is 187 Å². The van der Waals surface area contributed by atoms with Crippen LogP contribution in [0.15, 0.2) is 175 Å². The number of benzene rings is 7. The molecule has 2 aliphatic carbocycles. The molecule has 0 aliphatic heterocycles. The van der Waals surface area contributed by atoms with E-state index in [-0.39, 0.29) is 0 Å². The van der Waals surface area contributed by atoms with E-state index in [2.05, 4.69) is 175 Å². The number of hydrogen-bond acceptors (Lipinski definition) is 2. The van der Waals surface area contributed by atoms with E-state index in [1.54, 1.807) is 5.57 Å². The van der Waals surface area contributed by atoms with Crippen molar-refractivity contribution in [2.24, 2.45) is 0 Å². The molecule has 7 aromatic carbocycles. The number of nitrogens with zero attached hydrogens (tertiary/aromatic N) is 2. The number of allylic oxidation sites excluding steroid dienone is 4. The largest absolute Gasteiger partial charge is 0.308 e. The second kappa shape index (κ2) is 12.3. The maximum atomic E-state index is 5.62. The summed E-state index contributed by atoms with van der Waals surface area (Å²) < 4.78 is 0. The average molecular weight is 653 g/mol. The van der Waals surface area contributed by atoms with Crippen LogP contribution in [0.1, 0.15) is 30.4 Å². The lowest BCUT2D eigenvalue weighted by Crippen LogP contribution is -2.11. The van der Waals surface area contributed by atoms with E-state index in [9.17, 15) is 0 Å². The van der Waals surface area contributed by atoms with Crippen LogP contribution in [0.5, 0.6) is 0 Å². The summed E-state index contributed by atoms with van der Waals surface area (Å²) in [4.78, 5) is 7.96. The summed E-state index contributed by atoms with van der Waals surface area (Å²) in [6.07, 6.45) is 9.12. The average Bonchev–Trinajstić information content (AvgIpc) is 3.21. The SMILES string of the molecule is C1=CC2=C(CC1)c1cccc(-c3cccc4ccc5c(-c6ccccc6)nc6c(N(c7ccccc7)c7ccccc7)cccc6c5c34)c1CC2. The Balaban J connectivity index is 1.33. The zero-order valence-electron chi connectivity index (χ0n) is 28.4. The molecule has 0 amide bonds. The first-order valence-electron chi connectivity index (χ1n) is 18.1. The fourth-order valence-electron chi connectivity index (χ4n) is 8.59. The van der Waals surface area contributed by atoms with E-state index >= 15 is 0 Å². The minimum absolute atomic E-state index is 0.984. The Morgan fingerprint density at radius 1 is 0.490 bits per heavy atom. The first-order valence-corrected chi connectivity index (χ1v) is 18.1. The van der Waals surface area contributed by atoms with Crippen molar-refractivity contribution >= 4 is 55.1 Å². The summed E-state index contributed by atoms with van der Waals surface area (Å²) >= 11 is 0. The summed E-state index contributed by atoms with van der Waals surface area (Å²) in [5, 5.41) is 6.12. The number of pyridine rings is 1. The van der Waals surface area contributed by atoms with Gasteiger partial charge in [-0.3, -0.25) is 0 Å². The topological polar surface area (TPSA) is 16.1 Å². The molecule has 2 heteroatoms. The van der Waals surface area contributed by atoms with Gasteiger partial charge in [0.2, 0.25) is 0 Å². The Bertz CT molecular complexity index is 2630. The van der Waals surface area contributed by atoms with Crippen molar-refractivity contribution in [1.29, 1.82) is 0 Å². The molecule has 0 N–H and O–H groups in total. The number of hydrogen-bond donors (Lipinski definition) is 0. The molecule has 242 valence electrons. The standard InChI is InChI=1S/C49H36N2/c1-4-16-35(17-5-1)48-44-32-30-34-18-12-26-42(40-25-13-24-39-38-23-11-10-15-33(38)29-31-41(39)40)46(34)47(44)43-27-14-28-45(49(43)50-48)51(36-19-6-2-7-20-36)37-21-8-3-9-22-37/h1-10,12-22,24-28,30,32H,11,23,29,31H2. The maximum Gasteiger partial charge on any atom is 0.0956 e. The van der Waals surface area contributed by atoms with Gasteiger partial charge in [0.15, 0.2) is 0 Å². The second-order valence-electron chi connectivity index (χ2n) is 13.7. The molecule has 10 rings (SSSR count). The molecule has 0 radical (unpaired) electrons. The van der Waals surface area contributed by atoms with Crippen LogP contribution in [0.2, 0.25) is 0 Å². The molecule has 8 aromatic rings. The molecule has 1 aromatic heterocycles. The lowest BCUT2D eigenvalue weighted by Gasteiger charge is -2.27. The van der Waals surface area contributed by atoms with Gasteiger partial charge in [0.25, 0.3) is 0 Å². The summed E-state index contributed by atoms with van der Waals surface area (Å²) in [6.45, 7) is 0. The molecule has 2 nitrogen and oxygen atoms in total. The fraction of sp³-hybridized carbons (Fsp3) is 0.0816. The monoisotopic (exact) mass is 652 g/mol. The predicted octanol–water partition coefficient (Wildman–Crippen LogP) is 13.4. The van der Waals surface area contributed by atoms with Gasteiger partial charge < -0.3 is 4.90 Å². The van der Waals surface area contributed by atoms with Gasteiger partial charge in [-0.25, -0.2) is 4.98 Å². The summed E-state index contributed by atoms with van der Waals surface area (Å²) in [7, 11) is 0. The van der Waals surface area contributed by atoms with Crippen molar-refractivity contribution in [2.75, 3.05) is 4.90 Å². The molecule has 0 saturated carbocycles. The Morgan fingerprint density at radius 3 is 1.96 bits per heavy atom. The molecular formula is C49H36N2. The van der Waals surface area contributed by atoms with Crippen molar-refractivity contribution in [1.82, 2.24) is 4.98 Å². The van der Waals surface area contributed by atoms with Crippen LogP contribution in [0.25, 0.3) is 60.4 Å². The van der Waals surface area contributed by atoms with Crippen LogP contribution in [-0.2, 0) is 6.42 Å². The third kappa shape index (κ3) is 4.90. The number of fused-ring (bicyclic) bond motifs is 7. The van der Waals surface area contributed by atoms with Crippen molar-refractivity contribution < 1.29 is 0 Å². The Morgan fingerprint density at radius 2 is 1.18 bits per heavy atom. The smallest absolute Gasteiger partial charge is 0.0956 e. The van der Waals surface area contributed by atoms with E-state index in [4.69, 9.17) is 4.98 Å². The van der Waals surface area contributed by atoms with Gasteiger partial charge in [0.1, 0.15) is 0 Å². The van der Waals surface area contributed by atoms with E-state index in [1.165, 1.54) is 49.4 Å². The summed E-state index contributed by atoms with van der Waals surface area (Å²) in [5.41, 5.74) is 15.0. The third-order valence-electron chi connectivity index (χ3n) is 10.8. The molecule has 2 aliphatic rings. The van der Waals surface area contributed by atoms with E-state index in [0.29, 0.717) is 0 Å². The third-order valence-corrected chi connectivity index (χ3v) is 10.8. The summed E-state index contributed by atoms with van der Waals surface area (Å²) in [5.74, 6) is 0. The van der Waals surface area contributed by atoms with Gasteiger partial charge in [-0.1, -0.05) is 140 Å². The van der Waals surface area contributed by atoms with Crippen LogP contribution in [-0.4, -0.2) is 4.98 Å². The fourth-order valence-corrected chi connectivity index (χ4v) is 8.59. The molecule has 0 bridgehead atoms. The van der Waals surface area contributed by atoms with Crippen molar-refractivity contribution in [3.63, 3.8) is 0 Å². The predicted molar refractivity (Wildman–Crippen MR) is 216 cm³/mol. The normalized spacial score (nSPS) is 13.8. The molecular weight excluding hydrogens is 617 g/mol. The van der Waals surface area contributed by atoms with Crippen LogP contribution in [0.4, 0.5) is 17.1 Å². The molecule has 0 spiro atoms. The van der Waals surface area contributed by atoms with Gasteiger partial charge in [-0.2, -0.15) is 0 Å². The number of anilines is 3. The quantitative estimate of drug-likeness (QED) is 0.172. The lowest BCUT2D eigenvalue weighted by molar-refractivity contribution is 0.899. The Kier molecular flexibility index (Phi) is 7.13. The minimum Gasteiger partial charge on any atom is -0.308 e. The first-order chi connectivity index (χ1) is 25.3. The van der Waals surface area contributed by atoms with Gasteiger partial charge in [-0.15, -0.1) is 0 Å². The highest BCUT2D eigenvalue weighted by molar-refractivity contribution is 6.27. The first kappa shape index (κ1) is 29.6. The Labute approximate surface area is 298 Å². The van der Waals surface area contributed by atoms with Crippen molar-refractivity contribution in [3.8, 4) is 22.4 Å². The lowest BCUT2D eigenvalue weighted by atomic mass is 9.78. The van der Waals surface area contributed by atoms with Crippen LogP contribution >= 0.6 is 0 Å². The van der Waals surface area contributed by atoms with Crippen LogP contribution < -0.4 is 4.90 Å². The highest BCUT2D eigenvalue weighted by Crippen LogP contribution is 2.47. The van der Waals surface area contributed by atoms with E-state index in [0.717, 1.165) is 64.9 Å². The van der Waals surface area contributed by atoms with Crippen LogP contribution in [0.3, 0.4) is 0 Å². The zero-order valence-corrected chi connectivity index (χ0v) is 28.4. The molecule has 0 saturated heterocycles. The maximum absolute atomic E-state index is 5.62. The number of rotatable bonds is 5. The number of aromatic nitrogens is 1. The Hall–Kier alpha value is -6.25. The van der Waals surface area contributed by atoms with E-state index in [1.807, 2.05) is 0 Å². The molecule has 0 fully saturated rings. The van der Waals surface area contributed by atoms with Crippen LogP contribution in [0, 0.1) is 0 Å². The van der Waals surface area contributed by atoms with Gasteiger partial charge >= 0.3 is 0 Å². The molecule has 0 atom stereocenters. The van der Waals surface area contributed by atoms with Gasteiger partial charge in [0.05, 0.1) is 16.9 Å². The van der Waals surface area contributed by atoms with Gasteiger partial charge in [0, 0.05) is 33.1 Å². The summed E-state index contributed by atoms with van der Waals surface area (Å²) in [6, 6.07) is 57.2. The minimum atomic E-state index is 0.984. The van der Waals surface area contributed by atoms with Crippen molar-refractivity contribution in [2.45, 2.75) is 25.7 Å². The highest BCUT2D eigenvalue weighted by Gasteiger charge is 2.25. The molecule has 0 unspecified atom stereocenters.